The van der Waals surface area contributed by atoms with Gasteiger partial charge in [0.15, 0.2) is 0 Å². The van der Waals surface area contributed by atoms with Gasteiger partial charge in [-0.25, -0.2) is 4.79 Å². The molecule has 0 aliphatic carbocycles. The Kier molecular flexibility index (Phi) is 4.95. The summed E-state index contributed by atoms with van der Waals surface area (Å²) in [4.78, 5) is 32.2. The number of amides is 1. The summed E-state index contributed by atoms with van der Waals surface area (Å²) in [6, 6.07) is 7.85. The summed E-state index contributed by atoms with van der Waals surface area (Å²) in [5, 5.41) is 11.9. The Labute approximate surface area is 145 Å². The van der Waals surface area contributed by atoms with Crippen LogP contribution in [0.3, 0.4) is 0 Å². The van der Waals surface area contributed by atoms with Crippen LogP contribution in [-0.4, -0.2) is 60.1 Å². The lowest BCUT2D eigenvalue weighted by molar-refractivity contribution is 0.0697. The van der Waals surface area contributed by atoms with Crippen molar-refractivity contribution in [2.75, 3.05) is 43.4 Å². The Balaban J connectivity index is 1.80. The van der Waals surface area contributed by atoms with Crippen molar-refractivity contribution < 1.29 is 14.7 Å². The van der Waals surface area contributed by atoms with Crippen molar-refractivity contribution in [3.05, 3.63) is 53.9 Å². The van der Waals surface area contributed by atoms with Gasteiger partial charge in [-0.2, -0.15) is 0 Å². The second-order valence-corrected chi connectivity index (χ2v) is 6.02. The standard InChI is InChI=1S/C18H20N4O3/c1-21-7-9-22(10-8-21)16-5-6-19-12-15(16)20-17(23)13-3-2-4-14(11-13)18(24)25/h2-6,11-12H,7-10H2,1H3,(H,20,23)(H,24,25). The lowest BCUT2D eigenvalue weighted by atomic mass is 10.1. The van der Waals surface area contributed by atoms with E-state index >= 15 is 0 Å². The highest BCUT2D eigenvalue weighted by Crippen LogP contribution is 2.26. The van der Waals surface area contributed by atoms with Crippen LogP contribution in [0.1, 0.15) is 20.7 Å². The molecule has 3 rings (SSSR count). The molecule has 1 saturated heterocycles. The minimum Gasteiger partial charge on any atom is -0.478 e. The van der Waals surface area contributed by atoms with Crippen LogP contribution in [0.5, 0.6) is 0 Å². The van der Waals surface area contributed by atoms with E-state index in [9.17, 15) is 9.59 Å². The molecule has 0 spiro atoms. The fourth-order valence-electron chi connectivity index (χ4n) is 2.79. The third-order valence-corrected chi connectivity index (χ3v) is 4.26. The number of hydrogen-bond acceptors (Lipinski definition) is 5. The first kappa shape index (κ1) is 16.9. The lowest BCUT2D eigenvalue weighted by Crippen LogP contribution is -2.44. The minimum atomic E-state index is -1.06. The topological polar surface area (TPSA) is 85.8 Å². The average Bonchev–Trinajstić information content (AvgIpc) is 2.63. The van der Waals surface area contributed by atoms with Crippen molar-refractivity contribution in [1.82, 2.24) is 9.88 Å². The molecular formula is C18H20N4O3. The Morgan fingerprint density at radius 2 is 1.84 bits per heavy atom. The quantitative estimate of drug-likeness (QED) is 0.882. The van der Waals surface area contributed by atoms with Crippen molar-refractivity contribution in [2.24, 2.45) is 0 Å². The van der Waals surface area contributed by atoms with Crippen molar-refractivity contribution in [1.29, 1.82) is 0 Å². The third kappa shape index (κ3) is 3.95. The number of likely N-dealkylation sites (N-methyl/N-ethyl adjacent to an activating group) is 1. The van der Waals surface area contributed by atoms with Crippen molar-refractivity contribution in [2.45, 2.75) is 0 Å². The zero-order valence-electron chi connectivity index (χ0n) is 14.0. The van der Waals surface area contributed by atoms with Gasteiger partial charge in [0.2, 0.25) is 0 Å². The number of benzene rings is 1. The number of carbonyl (C=O) groups is 2. The number of hydrogen-bond donors (Lipinski definition) is 2. The summed E-state index contributed by atoms with van der Waals surface area (Å²) in [6.45, 7) is 3.66. The van der Waals surface area contributed by atoms with Gasteiger partial charge in [-0.05, 0) is 31.3 Å². The van der Waals surface area contributed by atoms with Gasteiger partial charge in [0.1, 0.15) is 0 Å². The number of carboxylic acids is 1. The van der Waals surface area contributed by atoms with Crippen LogP contribution in [0.4, 0.5) is 11.4 Å². The molecule has 2 N–H and O–H groups in total. The number of pyridine rings is 1. The van der Waals surface area contributed by atoms with Crippen LogP contribution in [0, 0.1) is 0 Å². The summed E-state index contributed by atoms with van der Waals surface area (Å²) in [6.07, 6.45) is 3.32. The Morgan fingerprint density at radius 3 is 2.56 bits per heavy atom. The minimum absolute atomic E-state index is 0.0816. The van der Waals surface area contributed by atoms with Crippen LogP contribution in [-0.2, 0) is 0 Å². The zero-order valence-corrected chi connectivity index (χ0v) is 14.0. The Morgan fingerprint density at radius 1 is 1.12 bits per heavy atom. The van der Waals surface area contributed by atoms with Crippen LogP contribution in [0.25, 0.3) is 0 Å². The van der Waals surface area contributed by atoms with Crippen molar-refractivity contribution in [3.63, 3.8) is 0 Å². The summed E-state index contributed by atoms with van der Waals surface area (Å²) < 4.78 is 0. The number of carbonyl (C=O) groups excluding carboxylic acids is 1. The molecule has 2 heterocycles. The number of rotatable bonds is 4. The molecule has 0 unspecified atom stereocenters. The molecule has 0 radical (unpaired) electrons. The van der Waals surface area contributed by atoms with Gasteiger partial charge >= 0.3 is 5.97 Å². The molecule has 1 amide bonds. The maximum Gasteiger partial charge on any atom is 0.335 e. The number of anilines is 2. The fourth-order valence-corrected chi connectivity index (χ4v) is 2.79. The van der Waals surface area contributed by atoms with E-state index in [0.29, 0.717) is 11.3 Å². The van der Waals surface area contributed by atoms with Gasteiger partial charge in [0.25, 0.3) is 5.91 Å². The van der Waals surface area contributed by atoms with Crippen LogP contribution in [0.15, 0.2) is 42.7 Å². The normalized spacial score (nSPS) is 15.0. The maximum absolute atomic E-state index is 12.5. The van der Waals surface area contributed by atoms with Gasteiger partial charge in [0, 0.05) is 37.9 Å². The molecule has 1 aliphatic heterocycles. The number of piperazine rings is 1. The Bertz CT molecular complexity index is 785. The van der Waals surface area contributed by atoms with Crippen LogP contribution >= 0.6 is 0 Å². The molecule has 1 aliphatic rings. The van der Waals surface area contributed by atoms with Crippen molar-refractivity contribution >= 4 is 23.3 Å². The molecule has 0 saturated carbocycles. The Hall–Kier alpha value is -2.93. The summed E-state index contributed by atoms with van der Waals surface area (Å²) >= 11 is 0. The van der Waals surface area contributed by atoms with Gasteiger partial charge in [-0.1, -0.05) is 6.07 Å². The summed E-state index contributed by atoms with van der Waals surface area (Å²) in [5.74, 6) is -1.42. The SMILES string of the molecule is CN1CCN(c2ccncc2NC(=O)c2cccc(C(=O)O)c2)CC1. The fraction of sp³-hybridized carbons (Fsp3) is 0.278. The molecule has 7 nitrogen and oxygen atoms in total. The number of carboxylic acid groups (broad SMARTS) is 1. The molecule has 1 aromatic carbocycles. The van der Waals surface area contributed by atoms with E-state index in [1.165, 1.54) is 12.1 Å². The molecule has 7 heteroatoms. The predicted octanol–water partition coefficient (Wildman–Crippen LogP) is 1.78. The number of nitrogens with zero attached hydrogens (tertiary/aromatic N) is 3. The summed E-state index contributed by atoms with van der Waals surface area (Å²) in [5.41, 5.74) is 1.93. The number of aromatic carboxylic acids is 1. The van der Waals surface area contributed by atoms with E-state index in [4.69, 9.17) is 5.11 Å². The predicted molar refractivity (Wildman–Crippen MR) is 95.3 cm³/mol. The summed E-state index contributed by atoms with van der Waals surface area (Å²) in [7, 11) is 2.09. The van der Waals surface area contributed by atoms with E-state index in [1.54, 1.807) is 24.5 Å². The average molecular weight is 340 g/mol. The monoisotopic (exact) mass is 340 g/mol. The second-order valence-electron chi connectivity index (χ2n) is 6.02. The largest absolute Gasteiger partial charge is 0.478 e. The molecule has 130 valence electrons. The molecular weight excluding hydrogens is 320 g/mol. The zero-order chi connectivity index (χ0) is 17.8. The first-order valence-electron chi connectivity index (χ1n) is 8.07. The number of nitrogens with one attached hydrogen (secondary N) is 1. The van der Waals surface area contributed by atoms with E-state index < -0.39 is 5.97 Å². The molecule has 2 aromatic rings. The molecule has 0 atom stereocenters. The number of aromatic nitrogens is 1. The maximum atomic E-state index is 12.5. The van der Waals surface area contributed by atoms with Gasteiger partial charge in [-0.15, -0.1) is 0 Å². The van der Waals surface area contributed by atoms with E-state index in [0.717, 1.165) is 31.9 Å². The highest BCUT2D eigenvalue weighted by molar-refractivity contribution is 6.06. The van der Waals surface area contributed by atoms with Gasteiger partial charge in [-0.3, -0.25) is 9.78 Å². The van der Waals surface area contributed by atoms with Crippen molar-refractivity contribution in [3.8, 4) is 0 Å². The lowest BCUT2D eigenvalue weighted by Gasteiger charge is -2.34. The van der Waals surface area contributed by atoms with Crippen LogP contribution in [0.2, 0.25) is 0 Å². The highest BCUT2D eigenvalue weighted by Gasteiger charge is 2.18. The van der Waals surface area contributed by atoms with Gasteiger partial charge in [0.05, 0.1) is 23.1 Å². The van der Waals surface area contributed by atoms with E-state index in [1.807, 2.05) is 6.07 Å². The van der Waals surface area contributed by atoms with Gasteiger partial charge < -0.3 is 20.2 Å². The smallest absolute Gasteiger partial charge is 0.335 e. The van der Waals surface area contributed by atoms with Crippen LogP contribution < -0.4 is 10.2 Å². The molecule has 1 fully saturated rings. The molecule has 25 heavy (non-hydrogen) atoms. The third-order valence-electron chi connectivity index (χ3n) is 4.26. The first-order chi connectivity index (χ1) is 12.0. The first-order valence-corrected chi connectivity index (χ1v) is 8.07. The molecule has 0 bridgehead atoms. The highest BCUT2D eigenvalue weighted by atomic mass is 16.4. The second kappa shape index (κ2) is 7.31. The molecule has 1 aromatic heterocycles. The van der Waals surface area contributed by atoms with E-state index in [-0.39, 0.29) is 11.5 Å². The van der Waals surface area contributed by atoms with E-state index in [2.05, 4.69) is 27.1 Å².